The van der Waals surface area contributed by atoms with Gasteiger partial charge in [0.2, 0.25) is 0 Å². The van der Waals surface area contributed by atoms with Crippen LogP contribution in [-0.2, 0) is 0 Å². The van der Waals surface area contributed by atoms with E-state index in [0.717, 1.165) is 37.0 Å². The van der Waals surface area contributed by atoms with Gasteiger partial charge in [0.25, 0.3) is 6.01 Å². The van der Waals surface area contributed by atoms with Crippen LogP contribution < -0.4 is 10.6 Å². The van der Waals surface area contributed by atoms with Gasteiger partial charge in [-0.15, -0.1) is 0 Å². The quantitative estimate of drug-likeness (QED) is 0.789. The van der Waals surface area contributed by atoms with E-state index in [2.05, 4.69) is 9.88 Å². The number of nitrogens with two attached hydrogens (primary N) is 1. The van der Waals surface area contributed by atoms with Crippen molar-refractivity contribution in [1.82, 2.24) is 4.98 Å². The van der Waals surface area contributed by atoms with Gasteiger partial charge >= 0.3 is 0 Å². The summed E-state index contributed by atoms with van der Waals surface area (Å²) in [6, 6.07) is 6.10. The number of fused-ring (bicyclic) bond motifs is 1. The second-order valence-corrected chi connectivity index (χ2v) is 4.86. The Balaban J connectivity index is 1.89. The summed E-state index contributed by atoms with van der Waals surface area (Å²) in [4.78, 5) is 6.56. The molecule has 0 radical (unpaired) electrons. The highest BCUT2D eigenvalue weighted by Crippen LogP contribution is 2.27. The number of oxazole rings is 1. The van der Waals surface area contributed by atoms with Gasteiger partial charge in [0.1, 0.15) is 5.52 Å². The smallest absolute Gasteiger partial charge is 0.298 e. The minimum Gasteiger partial charge on any atom is -0.423 e. The normalized spacial score (nSPS) is 20.5. The van der Waals surface area contributed by atoms with Gasteiger partial charge in [0.05, 0.1) is 0 Å². The fourth-order valence-electron chi connectivity index (χ4n) is 2.46. The van der Waals surface area contributed by atoms with Crippen LogP contribution in [0.3, 0.4) is 0 Å². The summed E-state index contributed by atoms with van der Waals surface area (Å²) in [6.45, 7) is 1.96. The number of nitrogen functional groups attached to an aromatic ring is 1. The first-order valence-electron chi connectivity index (χ1n) is 6.28. The Hall–Kier alpha value is -1.75. The third-order valence-corrected chi connectivity index (χ3v) is 3.45. The number of aliphatic hydroxyl groups excluding tert-OH is 1. The molecule has 1 atom stereocenters. The molecule has 1 unspecified atom stereocenters. The number of hydrogen-bond acceptors (Lipinski definition) is 5. The summed E-state index contributed by atoms with van der Waals surface area (Å²) in [5, 5.41) is 9.24. The molecule has 96 valence electrons. The Labute approximate surface area is 105 Å². The van der Waals surface area contributed by atoms with Crippen molar-refractivity contribution in [2.75, 3.05) is 30.3 Å². The fraction of sp³-hybridized carbons (Fsp3) is 0.462. The molecular formula is C13H17N3O2. The van der Waals surface area contributed by atoms with Gasteiger partial charge in [-0.25, -0.2) is 0 Å². The number of rotatable bonds is 2. The molecule has 0 aliphatic carbocycles. The molecule has 1 saturated heterocycles. The van der Waals surface area contributed by atoms with Crippen LogP contribution in [0, 0.1) is 5.92 Å². The van der Waals surface area contributed by atoms with Crippen molar-refractivity contribution in [2.45, 2.75) is 12.8 Å². The Morgan fingerprint density at radius 1 is 1.50 bits per heavy atom. The van der Waals surface area contributed by atoms with Gasteiger partial charge in [-0.2, -0.15) is 4.98 Å². The molecule has 1 aromatic heterocycles. The molecule has 3 rings (SSSR count). The van der Waals surface area contributed by atoms with Crippen LogP contribution in [0.25, 0.3) is 11.1 Å². The van der Waals surface area contributed by atoms with Gasteiger partial charge in [-0.3, -0.25) is 0 Å². The first-order valence-corrected chi connectivity index (χ1v) is 6.28. The Bertz CT molecular complexity index is 552. The highest BCUT2D eigenvalue weighted by atomic mass is 16.4. The van der Waals surface area contributed by atoms with Gasteiger partial charge in [0, 0.05) is 25.4 Å². The second kappa shape index (κ2) is 4.49. The number of aliphatic hydroxyl groups is 1. The zero-order chi connectivity index (χ0) is 12.5. The summed E-state index contributed by atoms with van der Waals surface area (Å²) in [5.41, 5.74) is 7.96. The van der Waals surface area contributed by atoms with E-state index in [1.54, 1.807) is 0 Å². The molecule has 2 heterocycles. The Kier molecular flexibility index (Phi) is 2.83. The molecule has 1 fully saturated rings. The molecule has 5 nitrogen and oxygen atoms in total. The van der Waals surface area contributed by atoms with Crippen LogP contribution in [-0.4, -0.2) is 29.8 Å². The molecule has 2 aromatic rings. The highest BCUT2D eigenvalue weighted by Gasteiger charge is 2.22. The molecule has 0 spiro atoms. The first-order chi connectivity index (χ1) is 8.76. The summed E-state index contributed by atoms with van der Waals surface area (Å²) in [5.74, 6) is 0.318. The molecule has 5 heteroatoms. The molecule has 0 bridgehead atoms. The van der Waals surface area contributed by atoms with Crippen LogP contribution in [0.5, 0.6) is 0 Å². The van der Waals surface area contributed by atoms with Crippen molar-refractivity contribution in [1.29, 1.82) is 0 Å². The van der Waals surface area contributed by atoms with Crippen molar-refractivity contribution in [3.63, 3.8) is 0 Å². The van der Waals surface area contributed by atoms with Crippen molar-refractivity contribution < 1.29 is 9.52 Å². The maximum absolute atomic E-state index is 9.24. The number of nitrogens with zero attached hydrogens (tertiary/aromatic N) is 2. The average molecular weight is 247 g/mol. The van der Waals surface area contributed by atoms with Crippen LogP contribution in [0.1, 0.15) is 12.8 Å². The predicted molar refractivity (Wildman–Crippen MR) is 70.4 cm³/mol. The van der Waals surface area contributed by atoms with Crippen molar-refractivity contribution in [3.05, 3.63) is 18.2 Å². The number of piperidine rings is 1. The van der Waals surface area contributed by atoms with Gasteiger partial charge in [-0.05, 0) is 37.0 Å². The van der Waals surface area contributed by atoms with Gasteiger partial charge in [0.15, 0.2) is 5.58 Å². The van der Waals surface area contributed by atoms with Crippen molar-refractivity contribution >= 4 is 22.8 Å². The lowest BCUT2D eigenvalue weighted by Crippen LogP contribution is -2.36. The average Bonchev–Trinajstić information content (AvgIpc) is 2.81. The Morgan fingerprint density at radius 3 is 3.22 bits per heavy atom. The van der Waals surface area contributed by atoms with E-state index in [1.807, 2.05) is 18.2 Å². The zero-order valence-electron chi connectivity index (χ0n) is 10.2. The third-order valence-electron chi connectivity index (χ3n) is 3.45. The third kappa shape index (κ3) is 2.01. The Morgan fingerprint density at radius 2 is 2.39 bits per heavy atom. The fourth-order valence-corrected chi connectivity index (χ4v) is 2.46. The van der Waals surface area contributed by atoms with E-state index in [9.17, 15) is 5.11 Å². The van der Waals surface area contributed by atoms with Crippen LogP contribution >= 0.6 is 0 Å². The second-order valence-electron chi connectivity index (χ2n) is 4.86. The maximum atomic E-state index is 9.24. The first kappa shape index (κ1) is 11.3. The molecule has 0 saturated carbocycles. The van der Waals surface area contributed by atoms with Crippen LogP contribution in [0.2, 0.25) is 0 Å². The standard InChI is InChI=1S/C13H17N3O2/c14-10-3-4-12-11(6-10)15-13(18-12)16-5-1-2-9(7-16)8-17/h3-4,6,9,17H,1-2,5,7-8,14H2. The monoisotopic (exact) mass is 247 g/mol. The summed E-state index contributed by atoms with van der Waals surface area (Å²) in [6.07, 6.45) is 2.13. The molecule has 3 N–H and O–H groups in total. The lowest BCUT2D eigenvalue weighted by molar-refractivity contribution is 0.207. The topological polar surface area (TPSA) is 75.5 Å². The number of benzene rings is 1. The number of hydrogen-bond donors (Lipinski definition) is 2. The lowest BCUT2D eigenvalue weighted by Gasteiger charge is -2.30. The number of aromatic nitrogens is 1. The van der Waals surface area contributed by atoms with E-state index in [-0.39, 0.29) is 6.61 Å². The van der Waals surface area contributed by atoms with Crippen LogP contribution in [0.4, 0.5) is 11.7 Å². The van der Waals surface area contributed by atoms with E-state index in [4.69, 9.17) is 10.2 Å². The van der Waals surface area contributed by atoms with Gasteiger partial charge < -0.3 is 20.2 Å². The lowest BCUT2D eigenvalue weighted by atomic mass is 10.00. The summed E-state index contributed by atoms with van der Waals surface area (Å²) < 4.78 is 5.73. The predicted octanol–water partition coefficient (Wildman–Crippen LogP) is 1.62. The largest absolute Gasteiger partial charge is 0.423 e. The maximum Gasteiger partial charge on any atom is 0.298 e. The molecular weight excluding hydrogens is 230 g/mol. The van der Waals surface area contributed by atoms with E-state index in [1.165, 1.54) is 0 Å². The molecule has 0 amide bonds. The molecule has 1 aromatic carbocycles. The highest BCUT2D eigenvalue weighted by molar-refractivity contribution is 5.78. The van der Waals surface area contributed by atoms with E-state index >= 15 is 0 Å². The summed E-state index contributed by atoms with van der Waals surface area (Å²) in [7, 11) is 0. The van der Waals surface area contributed by atoms with E-state index < -0.39 is 0 Å². The molecule has 18 heavy (non-hydrogen) atoms. The molecule has 1 aliphatic rings. The van der Waals surface area contributed by atoms with Crippen molar-refractivity contribution in [3.8, 4) is 0 Å². The minimum absolute atomic E-state index is 0.226. The zero-order valence-corrected chi connectivity index (χ0v) is 10.2. The van der Waals surface area contributed by atoms with E-state index in [0.29, 0.717) is 17.6 Å². The SMILES string of the molecule is Nc1ccc2oc(N3CCCC(CO)C3)nc2c1. The molecule has 1 aliphatic heterocycles. The number of anilines is 2. The van der Waals surface area contributed by atoms with Gasteiger partial charge in [-0.1, -0.05) is 0 Å². The van der Waals surface area contributed by atoms with Crippen molar-refractivity contribution in [2.24, 2.45) is 5.92 Å². The van der Waals surface area contributed by atoms with Crippen LogP contribution in [0.15, 0.2) is 22.6 Å². The summed E-state index contributed by atoms with van der Waals surface area (Å²) >= 11 is 0. The minimum atomic E-state index is 0.226.